The van der Waals surface area contributed by atoms with Crippen LogP contribution in [0.15, 0.2) is 41.2 Å². The second-order valence-electron chi connectivity index (χ2n) is 8.16. The number of hydrogen-bond acceptors (Lipinski definition) is 7. The number of H-pyrrole nitrogens is 1. The van der Waals surface area contributed by atoms with E-state index in [1.165, 1.54) is 26.2 Å². The third-order valence-electron chi connectivity index (χ3n) is 5.07. The fourth-order valence-corrected chi connectivity index (χ4v) is 3.20. The van der Waals surface area contributed by atoms with Crippen LogP contribution in [0.2, 0.25) is 0 Å². The molecule has 1 aromatic carbocycles. The van der Waals surface area contributed by atoms with Gasteiger partial charge in [0.1, 0.15) is 29.1 Å². The maximum absolute atomic E-state index is 14.3. The predicted molar refractivity (Wildman–Crippen MR) is 122 cm³/mol. The molecule has 34 heavy (non-hydrogen) atoms. The number of alkyl halides is 1. The minimum atomic E-state index is -1.47. The SMILES string of the molecule is C[C@@H](NC(=O)c1cc(C#CCCO)ncn1)c1cc(-c2nc3ccc(C(C)(C)F)cc3[nH]2)on1. The van der Waals surface area contributed by atoms with Crippen LogP contribution in [-0.4, -0.2) is 42.7 Å². The summed E-state index contributed by atoms with van der Waals surface area (Å²) in [5, 5.41) is 15.7. The Labute approximate surface area is 194 Å². The van der Waals surface area contributed by atoms with Crippen LogP contribution in [-0.2, 0) is 5.67 Å². The maximum atomic E-state index is 14.3. The minimum absolute atomic E-state index is 0.0481. The predicted octanol–water partition coefficient (Wildman–Crippen LogP) is 3.44. The summed E-state index contributed by atoms with van der Waals surface area (Å²) < 4.78 is 19.7. The number of carbonyl (C=O) groups is 1. The van der Waals surface area contributed by atoms with Gasteiger partial charge in [-0.1, -0.05) is 17.1 Å². The molecule has 0 bridgehead atoms. The van der Waals surface area contributed by atoms with Crippen LogP contribution in [0, 0.1) is 11.8 Å². The zero-order valence-corrected chi connectivity index (χ0v) is 18.9. The van der Waals surface area contributed by atoms with Gasteiger partial charge in [0.2, 0.25) is 5.76 Å². The molecule has 0 fully saturated rings. The van der Waals surface area contributed by atoms with E-state index in [2.05, 4.69) is 42.3 Å². The van der Waals surface area contributed by atoms with Crippen molar-refractivity contribution >= 4 is 16.9 Å². The number of carbonyl (C=O) groups excluding carboxylic acids is 1. The molecule has 3 heterocycles. The molecule has 10 heteroatoms. The average Bonchev–Trinajstić information content (AvgIpc) is 3.45. The number of benzene rings is 1. The summed E-state index contributed by atoms with van der Waals surface area (Å²) in [5.41, 5.74) is 1.45. The highest BCUT2D eigenvalue weighted by molar-refractivity contribution is 5.92. The Balaban J connectivity index is 1.48. The van der Waals surface area contributed by atoms with Crippen molar-refractivity contribution in [1.82, 2.24) is 30.4 Å². The van der Waals surface area contributed by atoms with Crippen molar-refractivity contribution in [3.05, 3.63) is 59.3 Å². The lowest BCUT2D eigenvalue weighted by Gasteiger charge is -2.13. The van der Waals surface area contributed by atoms with Crippen LogP contribution < -0.4 is 5.32 Å². The van der Waals surface area contributed by atoms with Crippen LogP contribution in [0.1, 0.15) is 60.7 Å². The van der Waals surface area contributed by atoms with Crippen molar-refractivity contribution in [2.24, 2.45) is 0 Å². The number of amides is 1. The Morgan fingerprint density at radius 2 is 2.12 bits per heavy atom. The van der Waals surface area contributed by atoms with Gasteiger partial charge in [0.15, 0.2) is 5.82 Å². The van der Waals surface area contributed by atoms with Gasteiger partial charge in [-0.05, 0) is 44.4 Å². The first-order valence-electron chi connectivity index (χ1n) is 10.6. The molecule has 3 N–H and O–H groups in total. The fraction of sp³-hybridized carbons (Fsp3) is 0.292. The summed E-state index contributed by atoms with van der Waals surface area (Å²) >= 11 is 0. The molecule has 174 valence electrons. The third-order valence-corrected chi connectivity index (χ3v) is 5.07. The molecule has 0 aliphatic heterocycles. The van der Waals surface area contributed by atoms with Gasteiger partial charge in [-0.25, -0.2) is 19.3 Å². The van der Waals surface area contributed by atoms with Crippen LogP contribution in [0.3, 0.4) is 0 Å². The largest absolute Gasteiger partial charge is 0.395 e. The van der Waals surface area contributed by atoms with Crippen LogP contribution >= 0.6 is 0 Å². The van der Waals surface area contributed by atoms with E-state index in [1.807, 2.05) is 0 Å². The van der Waals surface area contributed by atoms with Crippen LogP contribution in [0.5, 0.6) is 0 Å². The van der Waals surface area contributed by atoms with E-state index in [1.54, 1.807) is 31.2 Å². The molecule has 0 radical (unpaired) electrons. The molecule has 4 rings (SSSR count). The molecular weight excluding hydrogens is 439 g/mol. The van der Waals surface area contributed by atoms with E-state index in [0.717, 1.165) is 0 Å². The molecule has 1 amide bonds. The Morgan fingerprint density at radius 3 is 2.88 bits per heavy atom. The molecule has 3 aromatic heterocycles. The number of aromatic nitrogens is 5. The highest BCUT2D eigenvalue weighted by Gasteiger charge is 2.21. The zero-order chi connectivity index (χ0) is 24.3. The monoisotopic (exact) mass is 462 g/mol. The summed E-state index contributed by atoms with van der Waals surface area (Å²) in [6, 6.07) is 7.84. The quantitative estimate of drug-likeness (QED) is 0.374. The molecule has 0 saturated heterocycles. The molecule has 0 aliphatic carbocycles. The van der Waals surface area contributed by atoms with Gasteiger partial charge < -0.3 is 19.9 Å². The fourth-order valence-electron chi connectivity index (χ4n) is 3.20. The van der Waals surface area contributed by atoms with Crippen molar-refractivity contribution in [3.63, 3.8) is 0 Å². The number of halogens is 1. The van der Waals surface area contributed by atoms with Crippen molar-refractivity contribution in [2.45, 2.75) is 38.9 Å². The standard InChI is InChI=1S/C24H23FN6O3/c1-14(28-23(33)20-11-16(26-13-27-20)6-4-5-9-32)18-12-21(34-31-18)22-29-17-8-7-15(24(2,3)25)10-19(17)30-22/h7-8,10-14,32H,5,9H2,1-3H3,(H,28,33)(H,29,30)/t14-/m1/s1. The van der Waals surface area contributed by atoms with Crippen molar-refractivity contribution in [2.75, 3.05) is 6.61 Å². The zero-order valence-electron chi connectivity index (χ0n) is 18.9. The first-order valence-corrected chi connectivity index (χ1v) is 10.6. The Bertz CT molecular complexity index is 1390. The van der Waals surface area contributed by atoms with Gasteiger partial charge in [-0.3, -0.25) is 4.79 Å². The first kappa shape index (κ1) is 23.1. The molecule has 0 spiro atoms. The smallest absolute Gasteiger partial charge is 0.270 e. The summed E-state index contributed by atoms with van der Waals surface area (Å²) in [5.74, 6) is 5.93. The van der Waals surface area contributed by atoms with Gasteiger partial charge >= 0.3 is 0 Å². The number of aromatic amines is 1. The van der Waals surface area contributed by atoms with E-state index in [9.17, 15) is 9.18 Å². The lowest BCUT2D eigenvalue weighted by Crippen LogP contribution is -2.27. The number of fused-ring (bicyclic) bond motifs is 1. The number of imidazole rings is 1. The summed E-state index contributed by atoms with van der Waals surface area (Å²) in [6.45, 7) is 4.71. The molecule has 0 unspecified atom stereocenters. The number of aliphatic hydroxyl groups excluding tert-OH is 1. The van der Waals surface area contributed by atoms with Gasteiger partial charge in [0, 0.05) is 18.6 Å². The normalized spacial score (nSPS) is 12.3. The second kappa shape index (κ2) is 9.41. The summed E-state index contributed by atoms with van der Waals surface area (Å²) in [7, 11) is 0. The average molecular weight is 462 g/mol. The van der Waals surface area contributed by atoms with Gasteiger partial charge in [0.25, 0.3) is 5.91 Å². The number of nitrogens with zero attached hydrogens (tertiary/aromatic N) is 4. The molecular formula is C24H23FN6O3. The molecule has 9 nitrogen and oxygen atoms in total. The molecule has 0 aliphatic rings. The third kappa shape index (κ3) is 5.10. The number of rotatable bonds is 6. The lowest BCUT2D eigenvalue weighted by atomic mass is 10.00. The van der Waals surface area contributed by atoms with E-state index >= 15 is 0 Å². The highest BCUT2D eigenvalue weighted by Crippen LogP contribution is 2.29. The van der Waals surface area contributed by atoms with Gasteiger partial charge in [0.05, 0.1) is 23.7 Å². The molecule has 0 saturated carbocycles. The molecule has 4 aromatic rings. The van der Waals surface area contributed by atoms with Gasteiger partial charge in [-0.15, -0.1) is 0 Å². The van der Waals surface area contributed by atoms with E-state index in [4.69, 9.17) is 9.63 Å². The van der Waals surface area contributed by atoms with E-state index in [0.29, 0.717) is 46.0 Å². The van der Waals surface area contributed by atoms with Crippen molar-refractivity contribution in [1.29, 1.82) is 0 Å². The molecule has 1 atom stereocenters. The lowest BCUT2D eigenvalue weighted by molar-refractivity contribution is 0.0933. The summed E-state index contributed by atoms with van der Waals surface area (Å²) in [6.07, 6.45) is 1.57. The Kier molecular flexibility index (Phi) is 6.38. The van der Waals surface area contributed by atoms with Crippen molar-refractivity contribution < 1.29 is 18.8 Å². The number of aliphatic hydroxyl groups is 1. The minimum Gasteiger partial charge on any atom is -0.395 e. The van der Waals surface area contributed by atoms with Gasteiger partial charge in [-0.2, -0.15) is 0 Å². The van der Waals surface area contributed by atoms with Crippen LogP contribution in [0.25, 0.3) is 22.6 Å². The van der Waals surface area contributed by atoms with Crippen LogP contribution in [0.4, 0.5) is 4.39 Å². The first-order chi connectivity index (χ1) is 16.2. The number of hydrogen-bond donors (Lipinski definition) is 3. The highest BCUT2D eigenvalue weighted by atomic mass is 19.1. The topological polar surface area (TPSA) is 130 Å². The maximum Gasteiger partial charge on any atom is 0.270 e. The van der Waals surface area contributed by atoms with E-state index in [-0.39, 0.29) is 12.3 Å². The van der Waals surface area contributed by atoms with E-state index < -0.39 is 17.6 Å². The second-order valence-corrected chi connectivity index (χ2v) is 8.16. The summed E-state index contributed by atoms with van der Waals surface area (Å²) in [4.78, 5) is 28.2. The Morgan fingerprint density at radius 1 is 1.29 bits per heavy atom. The Hall–Kier alpha value is -4.10. The number of nitrogens with one attached hydrogen (secondary N) is 2. The van der Waals surface area contributed by atoms with Crippen molar-refractivity contribution in [3.8, 4) is 23.4 Å².